The zero-order valence-electron chi connectivity index (χ0n) is 6.03. The lowest BCUT2D eigenvalue weighted by Crippen LogP contribution is -1.89. The molecule has 0 amide bonds. The van der Waals surface area contributed by atoms with Gasteiger partial charge in [0.05, 0.1) is 12.1 Å². The summed E-state index contributed by atoms with van der Waals surface area (Å²) in [6.07, 6.45) is 0.956. The van der Waals surface area contributed by atoms with Crippen molar-refractivity contribution in [1.29, 1.82) is 0 Å². The Balaban J connectivity index is 2.14. The second kappa shape index (κ2) is 2.47. The SMILES string of the molecule is O=CC1NC1c1ccccc1. The van der Waals surface area contributed by atoms with Crippen LogP contribution in [0, 0.1) is 0 Å². The van der Waals surface area contributed by atoms with Crippen LogP contribution in [-0.4, -0.2) is 12.3 Å². The Hall–Kier alpha value is -1.15. The monoisotopic (exact) mass is 147 g/mol. The maximum atomic E-state index is 10.3. The summed E-state index contributed by atoms with van der Waals surface area (Å²) in [6.45, 7) is 0. The molecular weight excluding hydrogens is 138 g/mol. The number of hydrogen-bond donors (Lipinski definition) is 1. The third-order valence-electron chi connectivity index (χ3n) is 1.93. The minimum Gasteiger partial charge on any atom is -0.302 e. The van der Waals surface area contributed by atoms with E-state index in [9.17, 15) is 4.79 Å². The minimum atomic E-state index is 0.0531. The molecule has 0 aromatic heterocycles. The first kappa shape index (κ1) is 6.55. The number of rotatable bonds is 2. The van der Waals surface area contributed by atoms with E-state index in [0.717, 1.165) is 6.29 Å². The van der Waals surface area contributed by atoms with Crippen molar-refractivity contribution < 1.29 is 4.79 Å². The van der Waals surface area contributed by atoms with Crippen LogP contribution in [0.4, 0.5) is 0 Å². The lowest BCUT2D eigenvalue weighted by molar-refractivity contribution is -0.107. The van der Waals surface area contributed by atoms with Crippen molar-refractivity contribution in [1.82, 2.24) is 5.32 Å². The van der Waals surface area contributed by atoms with E-state index in [4.69, 9.17) is 0 Å². The van der Waals surface area contributed by atoms with Gasteiger partial charge in [0.25, 0.3) is 0 Å². The van der Waals surface area contributed by atoms with Gasteiger partial charge in [-0.05, 0) is 5.56 Å². The van der Waals surface area contributed by atoms with Gasteiger partial charge < -0.3 is 4.79 Å². The molecule has 1 N–H and O–H groups in total. The summed E-state index contributed by atoms with van der Waals surface area (Å²) in [5, 5.41) is 3.07. The summed E-state index contributed by atoms with van der Waals surface area (Å²) in [4.78, 5) is 10.3. The van der Waals surface area contributed by atoms with Crippen LogP contribution in [0.15, 0.2) is 30.3 Å². The van der Waals surface area contributed by atoms with Crippen molar-refractivity contribution in [2.75, 3.05) is 0 Å². The van der Waals surface area contributed by atoms with Crippen LogP contribution in [0.5, 0.6) is 0 Å². The molecule has 0 bridgehead atoms. The summed E-state index contributed by atoms with van der Waals surface area (Å²) in [7, 11) is 0. The highest BCUT2D eigenvalue weighted by Gasteiger charge is 2.36. The van der Waals surface area contributed by atoms with Gasteiger partial charge in [0.15, 0.2) is 0 Å². The lowest BCUT2D eigenvalue weighted by Gasteiger charge is -1.92. The van der Waals surface area contributed by atoms with Crippen molar-refractivity contribution in [2.45, 2.75) is 12.1 Å². The Bertz CT molecular complexity index is 258. The third kappa shape index (κ3) is 1.17. The average molecular weight is 147 g/mol. The second-order valence-electron chi connectivity index (χ2n) is 2.72. The molecule has 1 saturated heterocycles. The van der Waals surface area contributed by atoms with Gasteiger partial charge in [-0.1, -0.05) is 30.3 Å². The summed E-state index contributed by atoms with van der Waals surface area (Å²) in [5.41, 5.74) is 1.20. The molecule has 2 heteroatoms. The van der Waals surface area contributed by atoms with Crippen molar-refractivity contribution in [3.8, 4) is 0 Å². The number of carbonyl (C=O) groups excluding carboxylic acids is 1. The highest BCUT2D eigenvalue weighted by molar-refractivity contribution is 5.65. The van der Waals surface area contributed by atoms with Crippen LogP contribution >= 0.6 is 0 Å². The Labute approximate surface area is 65.2 Å². The first-order chi connectivity index (χ1) is 5.42. The van der Waals surface area contributed by atoms with Gasteiger partial charge in [-0.25, -0.2) is 0 Å². The first-order valence-electron chi connectivity index (χ1n) is 3.68. The molecule has 0 aliphatic carbocycles. The predicted molar refractivity (Wildman–Crippen MR) is 42.2 cm³/mol. The molecule has 1 aliphatic heterocycles. The van der Waals surface area contributed by atoms with Crippen molar-refractivity contribution in [3.63, 3.8) is 0 Å². The van der Waals surface area contributed by atoms with E-state index >= 15 is 0 Å². The standard InChI is InChI=1S/C9H9NO/c11-6-8-9(10-8)7-4-2-1-3-5-7/h1-6,8-10H. The third-order valence-corrected chi connectivity index (χ3v) is 1.93. The molecule has 2 nitrogen and oxygen atoms in total. The fourth-order valence-corrected chi connectivity index (χ4v) is 1.23. The molecule has 0 radical (unpaired) electrons. The van der Waals surface area contributed by atoms with Crippen molar-refractivity contribution in [2.24, 2.45) is 0 Å². The fourth-order valence-electron chi connectivity index (χ4n) is 1.23. The number of nitrogens with one attached hydrogen (secondary N) is 1. The van der Waals surface area contributed by atoms with Crippen LogP contribution in [0.2, 0.25) is 0 Å². The van der Waals surface area contributed by atoms with Gasteiger partial charge in [-0.2, -0.15) is 0 Å². The van der Waals surface area contributed by atoms with E-state index in [1.807, 2.05) is 30.3 Å². The van der Waals surface area contributed by atoms with Crippen molar-refractivity contribution in [3.05, 3.63) is 35.9 Å². The minimum absolute atomic E-state index is 0.0531. The summed E-state index contributed by atoms with van der Waals surface area (Å²) in [6, 6.07) is 10.3. The van der Waals surface area contributed by atoms with E-state index in [0.29, 0.717) is 0 Å². The molecule has 2 atom stereocenters. The molecule has 1 fully saturated rings. The summed E-state index contributed by atoms with van der Waals surface area (Å²) in [5.74, 6) is 0. The molecule has 1 aromatic carbocycles. The van der Waals surface area contributed by atoms with Crippen LogP contribution in [0.1, 0.15) is 11.6 Å². The molecule has 1 aliphatic rings. The number of carbonyl (C=O) groups is 1. The van der Waals surface area contributed by atoms with Crippen LogP contribution in [-0.2, 0) is 4.79 Å². The smallest absolute Gasteiger partial charge is 0.138 e. The van der Waals surface area contributed by atoms with E-state index in [-0.39, 0.29) is 12.1 Å². The summed E-state index contributed by atoms with van der Waals surface area (Å²) < 4.78 is 0. The van der Waals surface area contributed by atoms with E-state index in [2.05, 4.69) is 5.32 Å². The number of aldehydes is 1. The van der Waals surface area contributed by atoms with Gasteiger partial charge in [0, 0.05) is 0 Å². The lowest BCUT2D eigenvalue weighted by atomic mass is 10.1. The molecule has 0 spiro atoms. The van der Waals surface area contributed by atoms with E-state index in [1.165, 1.54) is 5.56 Å². The Morgan fingerprint density at radius 1 is 1.27 bits per heavy atom. The topological polar surface area (TPSA) is 39.0 Å². The largest absolute Gasteiger partial charge is 0.302 e. The molecule has 56 valence electrons. The van der Waals surface area contributed by atoms with Crippen LogP contribution in [0.3, 0.4) is 0 Å². The highest BCUT2D eigenvalue weighted by atomic mass is 16.1. The number of benzene rings is 1. The predicted octanol–water partition coefficient (Wildman–Crippen LogP) is 0.898. The zero-order chi connectivity index (χ0) is 7.68. The van der Waals surface area contributed by atoms with Gasteiger partial charge >= 0.3 is 0 Å². The molecule has 1 heterocycles. The normalized spacial score (nSPS) is 28.0. The van der Waals surface area contributed by atoms with Crippen LogP contribution in [0.25, 0.3) is 0 Å². The summed E-state index contributed by atoms with van der Waals surface area (Å²) >= 11 is 0. The Morgan fingerprint density at radius 3 is 2.55 bits per heavy atom. The zero-order valence-corrected chi connectivity index (χ0v) is 6.03. The first-order valence-corrected chi connectivity index (χ1v) is 3.68. The molecule has 2 rings (SSSR count). The van der Waals surface area contributed by atoms with E-state index in [1.54, 1.807) is 0 Å². The quantitative estimate of drug-likeness (QED) is 0.498. The van der Waals surface area contributed by atoms with Crippen molar-refractivity contribution >= 4 is 6.29 Å². The second-order valence-corrected chi connectivity index (χ2v) is 2.72. The molecule has 2 unspecified atom stereocenters. The molecule has 0 saturated carbocycles. The highest BCUT2D eigenvalue weighted by Crippen LogP contribution is 2.27. The fraction of sp³-hybridized carbons (Fsp3) is 0.222. The van der Waals surface area contributed by atoms with Gasteiger partial charge in [0.1, 0.15) is 6.29 Å². The van der Waals surface area contributed by atoms with Gasteiger partial charge in [0.2, 0.25) is 0 Å². The van der Waals surface area contributed by atoms with Gasteiger partial charge in [-0.15, -0.1) is 0 Å². The number of hydrogen-bond acceptors (Lipinski definition) is 2. The molecular formula is C9H9NO. The maximum Gasteiger partial charge on any atom is 0.138 e. The maximum absolute atomic E-state index is 10.3. The molecule has 1 aromatic rings. The van der Waals surface area contributed by atoms with Gasteiger partial charge in [-0.3, -0.25) is 5.32 Å². The Kier molecular flexibility index (Phi) is 1.47. The van der Waals surface area contributed by atoms with E-state index < -0.39 is 0 Å². The Morgan fingerprint density at radius 2 is 2.00 bits per heavy atom. The van der Waals surface area contributed by atoms with Crippen LogP contribution < -0.4 is 5.32 Å². The average Bonchev–Trinajstić information content (AvgIpc) is 2.85. The molecule has 11 heavy (non-hydrogen) atoms.